The maximum atomic E-state index is 13.1. The van der Waals surface area contributed by atoms with Crippen LogP contribution in [0.15, 0.2) is 103 Å². The van der Waals surface area contributed by atoms with E-state index < -0.39 is 35.9 Å². The molecule has 0 radical (unpaired) electrons. The lowest BCUT2D eigenvalue weighted by atomic mass is 9.93. The van der Waals surface area contributed by atoms with Gasteiger partial charge in [0.1, 0.15) is 0 Å². The minimum atomic E-state index is -4.49. The number of urea groups is 2. The summed E-state index contributed by atoms with van der Waals surface area (Å²) < 4.78 is 38.8. The Bertz CT molecular complexity index is 1450. The molecule has 0 aliphatic rings. The second-order valence-electron chi connectivity index (χ2n) is 8.68. The number of rotatable bonds is 7. The van der Waals surface area contributed by atoms with E-state index in [2.05, 4.69) is 21.3 Å². The Morgan fingerprint density at radius 2 is 1.05 bits per heavy atom. The Balaban J connectivity index is 1.59. The summed E-state index contributed by atoms with van der Waals surface area (Å²) in [6.45, 7) is 0. The zero-order valence-corrected chi connectivity index (χ0v) is 22.2. The molecule has 0 fully saturated rings. The normalized spacial score (nSPS) is 12.6. The Kier molecular flexibility index (Phi) is 9.19. The van der Waals surface area contributed by atoms with E-state index in [1.54, 1.807) is 60.7 Å². The molecule has 4 aromatic rings. The fraction of sp³-hybridized carbons (Fsp3) is 0.103. The molecular weight excluding hydrogens is 564 g/mol. The lowest BCUT2D eigenvalue weighted by molar-refractivity contribution is -0.137. The van der Waals surface area contributed by atoms with Crippen LogP contribution in [0.3, 0.4) is 0 Å². The molecule has 0 spiro atoms. The third kappa shape index (κ3) is 7.68. The van der Waals surface area contributed by atoms with Crippen molar-refractivity contribution < 1.29 is 22.8 Å². The van der Waals surface area contributed by atoms with Crippen molar-refractivity contribution in [1.29, 1.82) is 0 Å². The first kappa shape index (κ1) is 28.8. The van der Waals surface area contributed by atoms with Crippen LogP contribution in [-0.2, 0) is 6.18 Å². The maximum Gasteiger partial charge on any atom is 0.416 e. The topological polar surface area (TPSA) is 82.3 Å². The zero-order chi connectivity index (χ0) is 28.7. The Morgan fingerprint density at radius 1 is 0.600 bits per heavy atom. The van der Waals surface area contributed by atoms with Crippen LogP contribution in [0.2, 0.25) is 10.0 Å². The molecule has 206 valence electrons. The van der Waals surface area contributed by atoms with Gasteiger partial charge in [-0.3, -0.25) is 0 Å². The molecule has 0 saturated carbocycles. The van der Waals surface area contributed by atoms with Gasteiger partial charge in [-0.1, -0.05) is 83.9 Å². The molecule has 4 N–H and O–H groups in total. The van der Waals surface area contributed by atoms with Gasteiger partial charge in [-0.15, -0.1) is 0 Å². The highest BCUT2D eigenvalue weighted by Gasteiger charge is 2.31. The first-order valence-corrected chi connectivity index (χ1v) is 12.7. The highest BCUT2D eigenvalue weighted by molar-refractivity contribution is 6.42. The SMILES string of the molecule is O=C(Nc1ccc(Cl)c(Cl)c1)N[C@H](c1ccccc1)[C@@H](NC(=O)Nc1ccc(C(F)(F)F)cc1)c1ccccc1. The highest BCUT2D eigenvalue weighted by atomic mass is 35.5. The summed E-state index contributed by atoms with van der Waals surface area (Å²) in [6.07, 6.45) is -4.49. The van der Waals surface area contributed by atoms with Gasteiger partial charge in [0.05, 0.1) is 27.7 Å². The number of amides is 4. The third-order valence-electron chi connectivity index (χ3n) is 5.87. The van der Waals surface area contributed by atoms with E-state index in [1.165, 1.54) is 6.07 Å². The van der Waals surface area contributed by atoms with Crippen LogP contribution < -0.4 is 21.3 Å². The van der Waals surface area contributed by atoms with Crippen molar-refractivity contribution in [2.24, 2.45) is 0 Å². The predicted molar refractivity (Wildman–Crippen MR) is 151 cm³/mol. The molecule has 11 heteroatoms. The minimum Gasteiger partial charge on any atom is -0.329 e. The van der Waals surface area contributed by atoms with Crippen molar-refractivity contribution in [3.63, 3.8) is 0 Å². The lowest BCUT2D eigenvalue weighted by Gasteiger charge is -2.30. The standard InChI is InChI=1S/C29H23Cl2F3N4O2/c30-23-16-15-22(17-24(23)31)36-28(40)38-26(19-9-5-2-6-10-19)25(18-7-3-1-4-8-18)37-27(39)35-21-13-11-20(12-14-21)29(32,33)34/h1-17,25-26H,(H2,35,37,39)(H2,36,38,40)/t25-,26+/m0/s1. The number of nitrogens with one attached hydrogen (secondary N) is 4. The van der Waals surface area contributed by atoms with Crippen LogP contribution in [0, 0.1) is 0 Å². The molecule has 40 heavy (non-hydrogen) atoms. The molecule has 2 atom stereocenters. The summed E-state index contributed by atoms with van der Waals surface area (Å²) >= 11 is 12.0. The molecule has 0 bridgehead atoms. The lowest BCUT2D eigenvalue weighted by Crippen LogP contribution is -2.43. The Hall–Kier alpha value is -4.21. The van der Waals surface area contributed by atoms with Crippen LogP contribution in [-0.4, -0.2) is 12.1 Å². The van der Waals surface area contributed by atoms with Crippen molar-refractivity contribution >= 4 is 46.6 Å². The molecule has 4 aromatic carbocycles. The summed E-state index contributed by atoms with van der Waals surface area (Å²) in [4.78, 5) is 26.2. The van der Waals surface area contributed by atoms with Gasteiger partial charge in [0.2, 0.25) is 0 Å². The van der Waals surface area contributed by atoms with E-state index in [0.717, 1.165) is 24.3 Å². The number of alkyl halides is 3. The van der Waals surface area contributed by atoms with Crippen LogP contribution in [0.1, 0.15) is 28.8 Å². The fourth-order valence-electron chi connectivity index (χ4n) is 3.97. The monoisotopic (exact) mass is 586 g/mol. The second-order valence-corrected chi connectivity index (χ2v) is 9.49. The molecule has 4 rings (SSSR count). The number of carbonyl (C=O) groups is 2. The first-order chi connectivity index (χ1) is 19.1. The quantitative estimate of drug-likeness (QED) is 0.175. The van der Waals surface area contributed by atoms with Crippen LogP contribution >= 0.6 is 23.2 Å². The smallest absolute Gasteiger partial charge is 0.329 e. The van der Waals surface area contributed by atoms with Crippen molar-refractivity contribution in [3.8, 4) is 0 Å². The number of anilines is 2. The van der Waals surface area contributed by atoms with E-state index >= 15 is 0 Å². The van der Waals surface area contributed by atoms with Crippen LogP contribution in [0.25, 0.3) is 0 Å². The molecule has 0 unspecified atom stereocenters. The summed E-state index contributed by atoms with van der Waals surface area (Å²) in [5.41, 5.74) is 1.10. The van der Waals surface area contributed by atoms with Gasteiger partial charge in [0.15, 0.2) is 0 Å². The summed E-state index contributed by atoms with van der Waals surface area (Å²) in [5.74, 6) is 0. The number of hydrogen-bond donors (Lipinski definition) is 4. The summed E-state index contributed by atoms with van der Waals surface area (Å²) in [6, 6.07) is 23.9. The number of carbonyl (C=O) groups excluding carboxylic acids is 2. The van der Waals surface area contributed by atoms with Crippen molar-refractivity contribution in [3.05, 3.63) is 130 Å². The molecule has 0 aromatic heterocycles. The molecule has 0 saturated heterocycles. The molecule has 0 heterocycles. The van der Waals surface area contributed by atoms with E-state index in [0.29, 0.717) is 21.8 Å². The zero-order valence-electron chi connectivity index (χ0n) is 20.7. The highest BCUT2D eigenvalue weighted by Crippen LogP contribution is 2.31. The summed E-state index contributed by atoms with van der Waals surface area (Å²) in [5, 5.41) is 11.6. The Labute approximate surface area is 238 Å². The maximum absolute atomic E-state index is 13.1. The van der Waals surface area contributed by atoms with E-state index in [4.69, 9.17) is 23.2 Å². The van der Waals surface area contributed by atoms with Gasteiger partial charge in [0.25, 0.3) is 0 Å². The molecule has 4 amide bonds. The van der Waals surface area contributed by atoms with Gasteiger partial charge in [0, 0.05) is 11.4 Å². The van der Waals surface area contributed by atoms with Gasteiger partial charge in [-0.05, 0) is 53.6 Å². The van der Waals surface area contributed by atoms with Gasteiger partial charge in [-0.25, -0.2) is 9.59 Å². The fourth-order valence-corrected chi connectivity index (χ4v) is 4.27. The first-order valence-electron chi connectivity index (χ1n) is 12.0. The van der Waals surface area contributed by atoms with Crippen molar-refractivity contribution in [2.45, 2.75) is 18.3 Å². The molecule has 0 aliphatic carbocycles. The number of benzene rings is 4. The Morgan fingerprint density at radius 3 is 1.50 bits per heavy atom. The van der Waals surface area contributed by atoms with E-state index in [1.807, 2.05) is 12.1 Å². The molecular formula is C29H23Cl2F3N4O2. The van der Waals surface area contributed by atoms with Gasteiger partial charge < -0.3 is 21.3 Å². The number of hydrogen-bond acceptors (Lipinski definition) is 2. The van der Waals surface area contributed by atoms with Crippen molar-refractivity contribution in [1.82, 2.24) is 10.6 Å². The molecule has 6 nitrogen and oxygen atoms in total. The van der Waals surface area contributed by atoms with Gasteiger partial charge >= 0.3 is 18.2 Å². The largest absolute Gasteiger partial charge is 0.416 e. The average Bonchev–Trinajstić information content (AvgIpc) is 2.93. The third-order valence-corrected chi connectivity index (χ3v) is 6.61. The summed E-state index contributed by atoms with van der Waals surface area (Å²) in [7, 11) is 0. The van der Waals surface area contributed by atoms with Crippen LogP contribution in [0.4, 0.5) is 34.1 Å². The van der Waals surface area contributed by atoms with Crippen LogP contribution in [0.5, 0.6) is 0 Å². The van der Waals surface area contributed by atoms with Crippen molar-refractivity contribution in [2.75, 3.05) is 10.6 Å². The molecule has 0 aliphatic heterocycles. The van der Waals surface area contributed by atoms with E-state index in [-0.39, 0.29) is 10.7 Å². The predicted octanol–water partition coefficient (Wildman–Crippen LogP) is 8.44. The van der Waals surface area contributed by atoms with E-state index in [9.17, 15) is 22.8 Å². The second kappa shape index (κ2) is 12.8. The van der Waals surface area contributed by atoms with Gasteiger partial charge in [-0.2, -0.15) is 13.2 Å². The number of halogens is 5. The minimum absolute atomic E-state index is 0.166. The average molecular weight is 587 g/mol.